The van der Waals surface area contributed by atoms with Crippen molar-refractivity contribution in [3.8, 4) is 11.3 Å². The number of alkyl halides is 1. The molecule has 0 spiro atoms. The van der Waals surface area contributed by atoms with Crippen molar-refractivity contribution < 1.29 is 17.9 Å². The van der Waals surface area contributed by atoms with Gasteiger partial charge in [-0.2, -0.15) is 0 Å². The second-order valence-electron chi connectivity index (χ2n) is 8.50. The number of aromatic nitrogens is 1. The average Bonchev–Trinajstić information content (AvgIpc) is 3.16. The summed E-state index contributed by atoms with van der Waals surface area (Å²) in [6.07, 6.45) is 5.15. The number of methoxy groups -OCH3 is 1. The molecule has 168 valence electrons. The van der Waals surface area contributed by atoms with E-state index in [4.69, 9.17) is 4.74 Å². The lowest BCUT2D eigenvalue weighted by molar-refractivity contribution is 0.173. The number of hydrogen-bond donors (Lipinski definition) is 2. The molecule has 0 radical (unpaired) electrons. The van der Waals surface area contributed by atoms with Gasteiger partial charge >= 0.3 is 0 Å². The van der Waals surface area contributed by atoms with E-state index in [-0.39, 0.29) is 23.4 Å². The molecule has 0 fully saturated rings. The van der Waals surface area contributed by atoms with Gasteiger partial charge in [0.2, 0.25) is 0 Å². The van der Waals surface area contributed by atoms with Crippen LogP contribution in [0.2, 0.25) is 0 Å². The lowest BCUT2D eigenvalue weighted by atomic mass is 9.93. The zero-order valence-electron chi connectivity index (χ0n) is 18.7. The van der Waals surface area contributed by atoms with Gasteiger partial charge in [-0.1, -0.05) is 6.92 Å². The van der Waals surface area contributed by atoms with Gasteiger partial charge in [0.1, 0.15) is 17.3 Å². The Labute approximate surface area is 181 Å². The largest absolute Gasteiger partial charge is 0.386 e. The summed E-state index contributed by atoms with van der Waals surface area (Å²) in [4.78, 5) is 4.23. The Balaban J connectivity index is 1.90. The molecule has 2 atom stereocenters. The highest BCUT2D eigenvalue weighted by Crippen LogP contribution is 2.33. The van der Waals surface area contributed by atoms with Crippen LogP contribution in [0.15, 0.2) is 36.3 Å². The number of rotatable bonds is 8. The fraction of sp³-hybridized carbons (Fsp3) is 0.458. The van der Waals surface area contributed by atoms with Crippen molar-refractivity contribution >= 4 is 0 Å². The third-order valence-electron chi connectivity index (χ3n) is 5.61. The molecule has 0 saturated heterocycles. The van der Waals surface area contributed by atoms with E-state index >= 15 is 4.39 Å². The Hall–Kier alpha value is -2.54. The number of nitrogens with one attached hydrogen (secondary N) is 2. The molecule has 0 bridgehead atoms. The monoisotopic (exact) mass is 433 g/mol. The maximum absolute atomic E-state index is 15.0. The molecule has 31 heavy (non-hydrogen) atoms. The minimum Gasteiger partial charge on any atom is -0.386 e. The Bertz CT molecular complexity index is 969. The quantitative estimate of drug-likeness (QED) is 0.565. The number of halogens is 3. The SMILES string of the molecule is CC[C@H]1CC(NC(C)c2cc(F)c(-c3cc(C(C)(C)F)c(COC)cn3)cc2F)=CN1. The lowest BCUT2D eigenvalue weighted by Crippen LogP contribution is -2.20. The van der Waals surface area contributed by atoms with Crippen LogP contribution in [0.5, 0.6) is 0 Å². The van der Waals surface area contributed by atoms with Gasteiger partial charge in [0.15, 0.2) is 0 Å². The molecule has 0 aliphatic carbocycles. The second-order valence-corrected chi connectivity index (χ2v) is 8.50. The standard InChI is InChI=1S/C24H30F3N3O/c1-6-16-7-17(12-28-16)30-14(2)18-8-22(26)19(9-21(18)25)23-10-20(24(3,4)27)15(11-29-23)13-31-5/h8-12,14,16,28,30H,6-7,13H2,1-5H3/t14?,16-/m0/s1. The van der Waals surface area contributed by atoms with Crippen LogP contribution in [-0.2, 0) is 17.0 Å². The van der Waals surface area contributed by atoms with E-state index in [9.17, 15) is 8.78 Å². The minimum absolute atomic E-state index is 0.00397. The smallest absolute Gasteiger partial charge is 0.133 e. The summed E-state index contributed by atoms with van der Waals surface area (Å²) in [5.74, 6) is -1.15. The van der Waals surface area contributed by atoms with Crippen LogP contribution in [-0.4, -0.2) is 18.1 Å². The van der Waals surface area contributed by atoms with Crippen molar-refractivity contribution in [2.75, 3.05) is 7.11 Å². The topological polar surface area (TPSA) is 46.2 Å². The summed E-state index contributed by atoms with van der Waals surface area (Å²) in [7, 11) is 1.51. The molecule has 1 aromatic heterocycles. The van der Waals surface area contributed by atoms with Crippen LogP contribution in [0.1, 0.15) is 63.3 Å². The Kier molecular flexibility index (Phi) is 6.94. The number of hydrogen-bond acceptors (Lipinski definition) is 4. The number of benzene rings is 1. The first-order valence-electron chi connectivity index (χ1n) is 10.5. The summed E-state index contributed by atoms with van der Waals surface area (Å²) in [5, 5.41) is 6.51. The van der Waals surface area contributed by atoms with Crippen LogP contribution in [0.3, 0.4) is 0 Å². The van der Waals surface area contributed by atoms with Crippen molar-refractivity contribution in [3.63, 3.8) is 0 Å². The molecule has 4 nitrogen and oxygen atoms in total. The first-order chi connectivity index (χ1) is 14.6. The first-order valence-corrected chi connectivity index (χ1v) is 10.5. The zero-order valence-corrected chi connectivity index (χ0v) is 18.7. The molecule has 1 aliphatic rings. The molecule has 7 heteroatoms. The highest BCUT2D eigenvalue weighted by molar-refractivity contribution is 5.62. The molecular weight excluding hydrogens is 403 g/mol. The summed E-state index contributed by atoms with van der Waals surface area (Å²) in [5.41, 5.74) is 0.589. The van der Waals surface area contributed by atoms with Crippen LogP contribution < -0.4 is 10.6 Å². The van der Waals surface area contributed by atoms with E-state index in [0.29, 0.717) is 17.2 Å². The molecule has 2 heterocycles. The van der Waals surface area contributed by atoms with Crippen LogP contribution in [0.4, 0.5) is 13.2 Å². The second kappa shape index (κ2) is 9.30. The molecule has 1 unspecified atom stereocenters. The van der Waals surface area contributed by atoms with Gasteiger partial charge in [-0.3, -0.25) is 4.98 Å². The van der Waals surface area contributed by atoms with Gasteiger partial charge in [-0.25, -0.2) is 13.2 Å². The van der Waals surface area contributed by atoms with Crippen LogP contribution in [0.25, 0.3) is 11.3 Å². The van der Waals surface area contributed by atoms with E-state index in [1.165, 1.54) is 39.3 Å². The summed E-state index contributed by atoms with van der Waals surface area (Å²) in [6, 6.07) is 3.73. The maximum Gasteiger partial charge on any atom is 0.133 e. The van der Waals surface area contributed by atoms with Crippen LogP contribution in [0, 0.1) is 11.6 Å². The van der Waals surface area contributed by atoms with E-state index < -0.39 is 23.3 Å². The molecule has 0 amide bonds. The van der Waals surface area contributed by atoms with Gasteiger partial charge in [-0.05, 0) is 51.0 Å². The molecule has 1 aliphatic heterocycles. The third-order valence-corrected chi connectivity index (χ3v) is 5.61. The number of nitrogens with zero attached hydrogens (tertiary/aromatic N) is 1. The highest BCUT2D eigenvalue weighted by atomic mass is 19.1. The normalized spacial score (nSPS) is 17.3. The van der Waals surface area contributed by atoms with E-state index in [1.807, 2.05) is 6.20 Å². The van der Waals surface area contributed by atoms with E-state index in [1.54, 1.807) is 6.92 Å². The third kappa shape index (κ3) is 5.21. The Morgan fingerprint density at radius 3 is 2.61 bits per heavy atom. The van der Waals surface area contributed by atoms with E-state index in [2.05, 4.69) is 22.5 Å². The van der Waals surface area contributed by atoms with Crippen molar-refractivity contribution in [3.05, 3.63) is 64.6 Å². The van der Waals surface area contributed by atoms with Crippen molar-refractivity contribution in [2.24, 2.45) is 0 Å². The predicted molar refractivity (Wildman–Crippen MR) is 116 cm³/mol. The summed E-state index contributed by atoms with van der Waals surface area (Å²) >= 11 is 0. The molecule has 2 aromatic rings. The number of ether oxygens (including phenoxy) is 1. The Morgan fingerprint density at radius 1 is 1.26 bits per heavy atom. The van der Waals surface area contributed by atoms with Gasteiger partial charge in [0.25, 0.3) is 0 Å². The van der Waals surface area contributed by atoms with Crippen molar-refractivity contribution in [1.82, 2.24) is 15.6 Å². The lowest BCUT2D eigenvalue weighted by Gasteiger charge is -2.21. The van der Waals surface area contributed by atoms with Gasteiger partial charge in [0, 0.05) is 54.4 Å². The maximum atomic E-state index is 15.0. The first kappa shape index (κ1) is 23.1. The summed E-state index contributed by atoms with van der Waals surface area (Å²) < 4.78 is 49.8. The zero-order chi connectivity index (χ0) is 22.8. The Morgan fingerprint density at radius 2 is 2.00 bits per heavy atom. The summed E-state index contributed by atoms with van der Waals surface area (Å²) in [6.45, 7) is 6.89. The van der Waals surface area contributed by atoms with Gasteiger partial charge < -0.3 is 15.4 Å². The van der Waals surface area contributed by atoms with E-state index in [0.717, 1.165) is 24.6 Å². The van der Waals surface area contributed by atoms with Crippen molar-refractivity contribution in [2.45, 2.75) is 64.9 Å². The number of pyridine rings is 1. The van der Waals surface area contributed by atoms with Gasteiger partial charge in [-0.15, -0.1) is 0 Å². The predicted octanol–water partition coefficient (Wildman–Crippen LogP) is 5.64. The van der Waals surface area contributed by atoms with Crippen LogP contribution >= 0.6 is 0 Å². The molecule has 1 aromatic carbocycles. The minimum atomic E-state index is -1.68. The molecule has 2 N–H and O–H groups in total. The molecule has 3 rings (SSSR count). The highest BCUT2D eigenvalue weighted by Gasteiger charge is 2.25. The average molecular weight is 434 g/mol. The van der Waals surface area contributed by atoms with Crippen molar-refractivity contribution in [1.29, 1.82) is 0 Å². The molecular formula is C24H30F3N3O. The molecule has 0 saturated carbocycles. The fourth-order valence-electron chi connectivity index (χ4n) is 3.87. The van der Waals surface area contributed by atoms with Gasteiger partial charge in [0.05, 0.1) is 18.3 Å². The fourth-order valence-corrected chi connectivity index (χ4v) is 3.87.